The molecule has 6 heteroatoms. The molecular weight excluding hydrogens is 310 g/mol. The zero-order valence-electron chi connectivity index (χ0n) is 10.8. The van der Waals surface area contributed by atoms with Gasteiger partial charge in [0.05, 0.1) is 17.4 Å². The van der Waals surface area contributed by atoms with Crippen molar-refractivity contribution in [3.05, 3.63) is 59.1 Å². The van der Waals surface area contributed by atoms with E-state index < -0.39 is 5.97 Å². The Hall–Kier alpha value is -1.98. The van der Waals surface area contributed by atoms with Crippen molar-refractivity contribution >= 4 is 40.9 Å². The minimum Gasteiger partial charge on any atom is -0.545 e. The Bertz CT molecular complexity index is 661. The summed E-state index contributed by atoms with van der Waals surface area (Å²) in [4.78, 5) is 23.8. The molecule has 4 nitrogen and oxygen atoms in total. The number of nitrogens with one attached hydrogen (secondary N) is 1. The highest BCUT2D eigenvalue weighted by atomic mass is 35.5. The second-order valence-electron chi connectivity index (χ2n) is 4.13. The van der Waals surface area contributed by atoms with Crippen molar-refractivity contribution in [1.29, 1.82) is 0 Å². The van der Waals surface area contributed by atoms with Crippen LogP contribution in [-0.4, -0.2) is 17.6 Å². The third-order valence-corrected chi connectivity index (χ3v) is 3.84. The summed E-state index contributed by atoms with van der Waals surface area (Å²) < 4.78 is 0. The lowest BCUT2D eigenvalue weighted by Crippen LogP contribution is -2.25. The summed E-state index contributed by atoms with van der Waals surface area (Å²) in [5.41, 5.74) is 0.0404. The van der Waals surface area contributed by atoms with Crippen LogP contribution in [0.25, 0.3) is 0 Å². The van der Waals surface area contributed by atoms with Crippen molar-refractivity contribution < 1.29 is 14.7 Å². The highest BCUT2D eigenvalue weighted by molar-refractivity contribution is 8.00. The molecule has 0 atom stereocenters. The van der Waals surface area contributed by atoms with Crippen molar-refractivity contribution in [2.24, 2.45) is 0 Å². The summed E-state index contributed by atoms with van der Waals surface area (Å²) in [6.07, 6.45) is 0. The molecule has 1 amide bonds. The van der Waals surface area contributed by atoms with Gasteiger partial charge in [-0.15, -0.1) is 11.8 Å². The number of carboxylic acids is 1. The first kappa shape index (κ1) is 15.4. The van der Waals surface area contributed by atoms with Crippen molar-refractivity contribution in [2.75, 3.05) is 11.1 Å². The normalized spacial score (nSPS) is 10.1. The lowest BCUT2D eigenvalue weighted by Gasteiger charge is -2.12. The fraction of sp³-hybridized carbons (Fsp3) is 0.0667. The van der Waals surface area contributed by atoms with Gasteiger partial charge in [0.2, 0.25) is 5.91 Å². The van der Waals surface area contributed by atoms with Gasteiger partial charge in [-0.1, -0.05) is 29.8 Å². The molecule has 1 N–H and O–H groups in total. The first-order chi connectivity index (χ1) is 10.1. The monoisotopic (exact) mass is 320 g/mol. The third-order valence-electron chi connectivity index (χ3n) is 2.59. The molecule has 0 saturated heterocycles. The fourth-order valence-electron chi connectivity index (χ4n) is 1.65. The predicted molar refractivity (Wildman–Crippen MR) is 81.6 cm³/mol. The van der Waals surface area contributed by atoms with Gasteiger partial charge in [0, 0.05) is 15.5 Å². The molecule has 108 valence electrons. The number of thioether (sulfide) groups is 1. The fourth-order valence-corrected chi connectivity index (χ4v) is 2.54. The number of carboxylic acid groups (broad SMARTS) is 1. The average molecular weight is 321 g/mol. The highest BCUT2D eigenvalue weighted by Crippen LogP contribution is 2.22. The maximum atomic E-state index is 11.9. The zero-order valence-corrected chi connectivity index (χ0v) is 12.4. The van der Waals surface area contributed by atoms with E-state index in [2.05, 4.69) is 5.32 Å². The number of carbonyl (C=O) groups is 2. The molecule has 0 fully saturated rings. The molecule has 0 bridgehead atoms. The highest BCUT2D eigenvalue weighted by Gasteiger charge is 2.09. The van der Waals surface area contributed by atoms with Gasteiger partial charge in [-0.3, -0.25) is 4.79 Å². The first-order valence-electron chi connectivity index (χ1n) is 6.05. The summed E-state index contributed by atoms with van der Waals surface area (Å²) in [5, 5.41) is 13.9. The van der Waals surface area contributed by atoms with E-state index in [1.807, 2.05) is 30.3 Å². The minimum atomic E-state index is -1.36. The molecule has 21 heavy (non-hydrogen) atoms. The van der Waals surface area contributed by atoms with Crippen LogP contribution in [0, 0.1) is 0 Å². The first-order valence-corrected chi connectivity index (χ1v) is 7.41. The second-order valence-corrected chi connectivity index (χ2v) is 5.61. The van der Waals surface area contributed by atoms with Gasteiger partial charge < -0.3 is 15.2 Å². The predicted octanol–water partition coefficient (Wildman–Crippen LogP) is 2.43. The van der Waals surface area contributed by atoms with Crippen molar-refractivity contribution in [2.45, 2.75) is 4.90 Å². The molecule has 0 saturated carbocycles. The van der Waals surface area contributed by atoms with E-state index in [1.54, 1.807) is 0 Å². The lowest BCUT2D eigenvalue weighted by molar-refractivity contribution is -0.254. The molecule has 2 aromatic rings. The van der Waals surface area contributed by atoms with Crippen LogP contribution in [0.15, 0.2) is 53.4 Å². The Balaban J connectivity index is 2.02. The molecule has 0 aliphatic heterocycles. The van der Waals surface area contributed by atoms with Gasteiger partial charge in [-0.05, 0) is 30.3 Å². The van der Waals surface area contributed by atoms with E-state index in [1.165, 1.54) is 30.0 Å². The number of benzene rings is 2. The number of halogens is 1. The largest absolute Gasteiger partial charge is 0.545 e. The lowest BCUT2D eigenvalue weighted by atomic mass is 10.2. The summed E-state index contributed by atoms with van der Waals surface area (Å²) in [6.45, 7) is 0. The van der Waals surface area contributed by atoms with Gasteiger partial charge in [0.25, 0.3) is 0 Å². The van der Waals surface area contributed by atoms with Gasteiger partial charge in [-0.25, -0.2) is 0 Å². The minimum absolute atomic E-state index is 0.0996. The summed E-state index contributed by atoms with van der Waals surface area (Å²) in [6, 6.07) is 13.6. The molecule has 2 rings (SSSR count). The Labute approximate surface area is 131 Å². The number of amides is 1. The molecule has 0 aliphatic rings. The Morgan fingerprint density at radius 1 is 1.14 bits per heavy atom. The van der Waals surface area contributed by atoms with E-state index >= 15 is 0 Å². The van der Waals surface area contributed by atoms with Gasteiger partial charge >= 0.3 is 0 Å². The summed E-state index contributed by atoms with van der Waals surface area (Å²) >= 11 is 7.17. The average Bonchev–Trinajstić information content (AvgIpc) is 2.46. The molecule has 0 radical (unpaired) electrons. The second kappa shape index (κ2) is 7.15. The Morgan fingerprint density at radius 2 is 1.86 bits per heavy atom. The zero-order chi connectivity index (χ0) is 15.2. The molecule has 0 heterocycles. The number of anilines is 1. The van der Waals surface area contributed by atoms with E-state index in [0.29, 0.717) is 5.02 Å². The van der Waals surface area contributed by atoms with Crippen molar-refractivity contribution in [3.63, 3.8) is 0 Å². The summed E-state index contributed by atoms with van der Waals surface area (Å²) in [7, 11) is 0. The Kier molecular flexibility index (Phi) is 5.25. The topological polar surface area (TPSA) is 69.2 Å². The van der Waals surface area contributed by atoms with Crippen LogP contribution in [0.5, 0.6) is 0 Å². The standard InChI is InChI=1S/C15H12ClNO3S/c16-10-6-7-12(15(19)20)13(8-10)17-14(18)9-21-11-4-2-1-3-5-11/h1-8H,9H2,(H,17,18)(H,19,20)/p-1. The van der Waals surface area contributed by atoms with Crippen LogP contribution in [0.4, 0.5) is 5.69 Å². The molecule has 0 spiro atoms. The van der Waals surface area contributed by atoms with Crippen molar-refractivity contribution in [1.82, 2.24) is 0 Å². The van der Waals surface area contributed by atoms with E-state index in [-0.39, 0.29) is 22.9 Å². The van der Waals surface area contributed by atoms with E-state index in [4.69, 9.17) is 11.6 Å². The third kappa shape index (κ3) is 4.51. The molecule has 0 aliphatic carbocycles. The molecular formula is C15H11ClNO3S-. The van der Waals surface area contributed by atoms with Gasteiger partial charge in [0.15, 0.2) is 0 Å². The van der Waals surface area contributed by atoms with Gasteiger partial charge in [0.1, 0.15) is 0 Å². The van der Waals surface area contributed by atoms with Crippen LogP contribution < -0.4 is 10.4 Å². The van der Waals surface area contributed by atoms with E-state index in [9.17, 15) is 14.7 Å². The number of aromatic carboxylic acids is 1. The molecule has 0 aromatic heterocycles. The number of hydrogen-bond acceptors (Lipinski definition) is 4. The van der Waals surface area contributed by atoms with Crippen LogP contribution in [-0.2, 0) is 4.79 Å². The molecule has 0 unspecified atom stereocenters. The number of carbonyl (C=O) groups excluding carboxylic acids is 2. The summed E-state index contributed by atoms with van der Waals surface area (Å²) in [5.74, 6) is -1.51. The number of hydrogen-bond donors (Lipinski definition) is 1. The van der Waals surface area contributed by atoms with Crippen LogP contribution in [0.3, 0.4) is 0 Å². The van der Waals surface area contributed by atoms with E-state index in [0.717, 1.165) is 4.90 Å². The maximum absolute atomic E-state index is 11.9. The van der Waals surface area contributed by atoms with Crippen molar-refractivity contribution in [3.8, 4) is 0 Å². The molecule has 2 aromatic carbocycles. The Morgan fingerprint density at radius 3 is 2.52 bits per heavy atom. The van der Waals surface area contributed by atoms with Gasteiger partial charge in [-0.2, -0.15) is 0 Å². The van der Waals surface area contributed by atoms with Crippen LogP contribution >= 0.6 is 23.4 Å². The smallest absolute Gasteiger partial charge is 0.234 e. The number of rotatable bonds is 5. The van der Waals surface area contributed by atoms with Crippen LogP contribution in [0.2, 0.25) is 5.02 Å². The van der Waals surface area contributed by atoms with Crippen LogP contribution in [0.1, 0.15) is 10.4 Å². The maximum Gasteiger partial charge on any atom is 0.234 e. The SMILES string of the molecule is O=C(CSc1ccccc1)Nc1cc(Cl)ccc1C(=O)[O-]. The quantitative estimate of drug-likeness (QED) is 0.859.